The number of amides is 2. The van der Waals surface area contributed by atoms with E-state index in [1.54, 1.807) is 42.5 Å². The molecular weight excluding hydrogens is 921 g/mol. The van der Waals surface area contributed by atoms with Crippen molar-refractivity contribution in [2.24, 2.45) is 0 Å². The van der Waals surface area contributed by atoms with E-state index >= 15 is 0 Å². The van der Waals surface area contributed by atoms with Gasteiger partial charge in [0.15, 0.2) is 0 Å². The van der Waals surface area contributed by atoms with Gasteiger partial charge >= 0.3 is 0 Å². The highest BCUT2D eigenvalue weighted by atomic mass is 35.5. The van der Waals surface area contributed by atoms with Crippen molar-refractivity contribution in [3.8, 4) is 17.0 Å². The van der Waals surface area contributed by atoms with Crippen molar-refractivity contribution in [3.05, 3.63) is 147 Å². The molecule has 2 amide bonds. The molecule has 0 radical (unpaired) electrons. The minimum atomic E-state index is -1.16. The molecule has 2 saturated carbocycles. The lowest BCUT2D eigenvalue weighted by atomic mass is 9.66. The summed E-state index contributed by atoms with van der Waals surface area (Å²) in [7, 11) is 0. The zero-order valence-electron chi connectivity index (χ0n) is 39.5. The Kier molecular flexibility index (Phi) is 20.6. The molecule has 0 saturated heterocycles. The lowest BCUT2D eigenvalue weighted by molar-refractivity contribution is -0.121. The number of rotatable bonds is 28. The van der Waals surface area contributed by atoms with Gasteiger partial charge in [-0.15, -0.1) is 0 Å². The summed E-state index contributed by atoms with van der Waals surface area (Å²) >= 11 is 19.9. The van der Waals surface area contributed by atoms with Crippen molar-refractivity contribution >= 4 is 46.6 Å². The Morgan fingerprint density at radius 3 is 2.10 bits per heavy atom. The lowest BCUT2D eigenvalue weighted by Gasteiger charge is -2.44. The van der Waals surface area contributed by atoms with Gasteiger partial charge in [0.2, 0.25) is 5.91 Å². The third kappa shape index (κ3) is 15.3. The van der Waals surface area contributed by atoms with Crippen LogP contribution in [0.2, 0.25) is 15.1 Å². The van der Waals surface area contributed by atoms with Crippen molar-refractivity contribution < 1.29 is 28.7 Å². The molecule has 2 heterocycles. The minimum absolute atomic E-state index is 0.0000783. The zero-order chi connectivity index (χ0) is 48.3. The second-order valence-corrected chi connectivity index (χ2v) is 18.8. The molecule has 2 aliphatic carbocycles. The maximum absolute atomic E-state index is 13.2. The summed E-state index contributed by atoms with van der Waals surface area (Å²) in [5.74, 6) is 1.24. The molecule has 14 heteroatoms. The van der Waals surface area contributed by atoms with Gasteiger partial charge in [-0.25, -0.2) is 0 Å². The number of ether oxygens (including phenoxy) is 2. The van der Waals surface area contributed by atoms with Crippen molar-refractivity contribution in [2.45, 2.75) is 128 Å². The number of aliphatic hydroxyl groups is 1. The highest BCUT2D eigenvalue weighted by Gasteiger charge is 2.47. The fraction of sp³-hybridized carbons (Fsp3) is 0.444. The summed E-state index contributed by atoms with van der Waals surface area (Å²) in [5, 5.41) is 27.9. The van der Waals surface area contributed by atoms with Crippen LogP contribution in [0.1, 0.15) is 149 Å². The number of hydrogen-bond donors (Lipinski definition) is 3. The van der Waals surface area contributed by atoms with Gasteiger partial charge in [-0.2, -0.15) is 5.10 Å². The van der Waals surface area contributed by atoms with Crippen molar-refractivity contribution in [1.29, 1.82) is 0 Å². The number of hydrogen-bond acceptors (Lipinski definition) is 8. The maximum atomic E-state index is 13.2. The molecule has 2 fully saturated rings. The van der Waals surface area contributed by atoms with E-state index in [0.29, 0.717) is 88.9 Å². The van der Waals surface area contributed by atoms with Crippen LogP contribution >= 0.6 is 34.8 Å². The fourth-order valence-electron chi connectivity index (χ4n) is 8.12. The van der Waals surface area contributed by atoms with Gasteiger partial charge in [0.1, 0.15) is 29.5 Å². The van der Waals surface area contributed by atoms with Gasteiger partial charge in [0, 0.05) is 54.2 Å². The first-order valence-corrected chi connectivity index (χ1v) is 25.2. The number of carbonyl (C=O) groups excluding carboxylic acids is 2. The molecule has 68 heavy (non-hydrogen) atoms. The standard InChI is InChI=1S/C54H66Cl3N5O6/c1-4-5-6-7-8-9-10-11-12-13-14-15-16-17-18-19-20-24-49(63)58-29-31-66-32-30-59-53(64)47-34-48(62(60-47)38(2)3)40-35-54(65,36-40)43-28-27-41(33-46(43)57)67-37-42-51(61-68-52(42)39-25-26-39)50-44(55)22-21-23-45(50)56/h5-6,8-9,11-12,14-15,17-18,21-23,27-28,33-34,38-40,65H,4,7,10,13,16,19-20,24-26,29-32,35-37H2,1-3H3,(H,58,63)(H,59,64)/b6-5-,9-8-,12-11-,15-14-,18-17-. The van der Waals surface area contributed by atoms with Crippen molar-refractivity contribution in [2.75, 3.05) is 26.3 Å². The molecule has 0 spiro atoms. The number of unbranched alkanes of at least 4 members (excludes halogenated alkanes) is 1. The van der Waals surface area contributed by atoms with E-state index in [1.807, 2.05) is 18.5 Å². The number of carbonyl (C=O) groups is 2. The number of aromatic nitrogens is 3. The van der Waals surface area contributed by atoms with E-state index in [9.17, 15) is 14.7 Å². The molecule has 11 nitrogen and oxygen atoms in total. The van der Waals surface area contributed by atoms with Gasteiger partial charge in [-0.1, -0.05) is 120 Å². The van der Waals surface area contributed by atoms with Crippen LogP contribution in [0.4, 0.5) is 0 Å². The van der Waals surface area contributed by atoms with Crippen LogP contribution in [-0.2, 0) is 21.7 Å². The van der Waals surface area contributed by atoms with E-state index in [4.69, 9.17) is 48.8 Å². The van der Waals surface area contributed by atoms with Gasteiger partial charge in [-0.3, -0.25) is 14.3 Å². The molecular formula is C54H66Cl3N5O6. The molecule has 2 aliphatic rings. The Hall–Kier alpha value is -4.91. The normalized spacial score (nSPS) is 17.4. The molecule has 364 valence electrons. The van der Waals surface area contributed by atoms with Gasteiger partial charge in [0.05, 0.1) is 39.4 Å². The third-order valence-corrected chi connectivity index (χ3v) is 12.8. The van der Waals surface area contributed by atoms with Crippen molar-refractivity contribution in [3.63, 3.8) is 0 Å². The number of nitrogens with zero attached hydrogens (tertiary/aromatic N) is 3. The molecule has 4 aromatic rings. The van der Waals surface area contributed by atoms with Crippen LogP contribution in [0.3, 0.4) is 0 Å². The van der Waals surface area contributed by atoms with Crippen LogP contribution in [-0.4, -0.2) is 58.2 Å². The van der Waals surface area contributed by atoms with E-state index < -0.39 is 5.60 Å². The summed E-state index contributed by atoms with van der Waals surface area (Å²) in [6.45, 7) is 7.67. The summed E-state index contributed by atoms with van der Waals surface area (Å²) in [4.78, 5) is 25.4. The number of nitrogens with one attached hydrogen (secondary N) is 2. The van der Waals surface area contributed by atoms with E-state index in [2.05, 4.69) is 88.6 Å². The summed E-state index contributed by atoms with van der Waals surface area (Å²) in [6, 6.07) is 12.4. The number of halogens is 3. The summed E-state index contributed by atoms with van der Waals surface area (Å²) in [6.07, 6.45) is 31.6. The Bertz CT molecular complexity index is 2400. The van der Waals surface area contributed by atoms with Crippen LogP contribution < -0.4 is 15.4 Å². The molecule has 0 atom stereocenters. The Balaban J connectivity index is 0.864. The molecule has 2 aromatic heterocycles. The molecule has 2 aromatic carbocycles. The molecule has 6 rings (SSSR count). The second-order valence-electron chi connectivity index (χ2n) is 17.6. The largest absolute Gasteiger partial charge is 0.489 e. The highest BCUT2D eigenvalue weighted by Crippen LogP contribution is 2.53. The molecule has 3 N–H and O–H groups in total. The topological polar surface area (TPSA) is 141 Å². The average molecular weight is 988 g/mol. The van der Waals surface area contributed by atoms with E-state index in [1.165, 1.54) is 0 Å². The third-order valence-electron chi connectivity index (χ3n) is 11.9. The molecule has 0 unspecified atom stereocenters. The SMILES string of the molecule is CC/C=C\C/C=C\C/C=C\C/C=C\C/C=C\CCCC(=O)NCCOCCNC(=O)c1cc(C2CC(O)(c3ccc(OCc4c(-c5c(Cl)cccc5Cl)noc4C4CC4)cc3Cl)C2)n(C(C)C)n1. The van der Waals surface area contributed by atoms with Crippen LogP contribution in [0.15, 0.2) is 108 Å². The number of allylic oxidation sites excluding steroid dienone is 10. The summed E-state index contributed by atoms with van der Waals surface area (Å²) < 4.78 is 19.5. The second kappa shape index (κ2) is 26.7. The number of benzene rings is 2. The first-order chi connectivity index (χ1) is 33.0. The predicted octanol–water partition coefficient (Wildman–Crippen LogP) is 13.1. The Morgan fingerprint density at radius 2 is 1.49 bits per heavy atom. The van der Waals surface area contributed by atoms with Gasteiger partial charge in [0.25, 0.3) is 5.91 Å². The first-order valence-electron chi connectivity index (χ1n) is 24.0. The Morgan fingerprint density at radius 1 is 0.853 bits per heavy atom. The van der Waals surface area contributed by atoms with E-state index in [-0.39, 0.29) is 36.3 Å². The summed E-state index contributed by atoms with van der Waals surface area (Å²) in [5.41, 5.74) is 2.59. The Labute approximate surface area is 416 Å². The molecule has 0 aliphatic heterocycles. The predicted molar refractivity (Wildman–Crippen MR) is 273 cm³/mol. The van der Waals surface area contributed by atoms with Crippen LogP contribution in [0, 0.1) is 0 Å². The monoisotopic (exact) mass is 985 g/mol. The maximum Gasteiger partial charge on any atom is 0.271 e. The lowest BCUT2D eigenvalue weighted by Crippen LogP contribution is -2.41. The molecule has 0 bridgehead atoms. The van der Waals surface area contributed by atoms with Crippen LogP contribution in [0.25, 0.3) is 11.3 Å². The van der Waals surface area contributed by atoms with Gasteiger partial charge < -0.3 is 29.7 Å². The van der Waals surface area contributed by atoms with E-state index in [0.717, 1.165) is 74.8 Å². The van der Waals surface area contributed by atoms with Crippen molar-refractivity contribution in [1.82, 2.24) is 25.6 Å². The van der Waals surface area contributed by atoms with Gasteiger partial charge in [-0.05, 0) is 115 Å². The fourth-order valence-corrected chi connectivity index (χ4v) is 9.04. The highest BCUT2D eigenvalue weighted by molar-refractivity contribution is 6.39. The van der Waals surface area contributed by atoms with Crippen LogP contribution in [0.5, 0.6) is 5.75 Å². The first kappa shape index (κ1) is 52.5. The average Bonchev–Trinajstić information content (AvgIpc) is 3.91. The zero-order valence-corrected chi connectivity index (χ0v) is 41.8. The smallest absolute Gasteiger partial charge is 0.271 e. The minimum Gasteiger partial charge on any atom is -0.489 e. The quantitative estimate of drug-likeness (QED) is 0.0377.